The van der Waals surface area contributed by atoms with Crippen LogP contribution in [0.4, 0.5) is 5.69 Å². The molecule has 4 nitrogen and oxygen atoms in total. The molecule has 3 N–H and O–H groups in total. The van der Waals surface area contributed by atoms with E-state index in [0.717, 1.165) is 24.1 Å². The molecule has 0 atom stereocenters. The molecule has 5 heteroatoms. The summed E-state index contributed by atoms with van der Waals surface area (Å²) in [4.78, 5) is 12.4. The SMILES string of the molecule is NCc1cccc(NC(=O)c2cc(Cl)cn2C2CC2)c1. The highest BCUT2D eigenvalue weighted by atomic mass is 35.5. The first-order chi connectivity index (χ1) is 9.67. The molecule has 104 valence electrons. The smallest absolute Gasteiger partial charge is 0.272 e. The van der Waals surface area contributed by atoms with Crippen LogP contribution in [0.15, 0.2) is 36.5 Å². The minimum absolute atomic E-state index is 0.141. The number of aromatic nitrogens is 1. The maximum atomic E-state index is 12.4. The van der Waals surface area contributed by atoms with Gasteiger partial charge >= 0.3 is 0 Å². The van der Waals surface area contributed by atoms with E-state index in [4.69, 9.17) is 17.3 Å². The molecule has 1 amide bonds. The molecule has 0 saturated heterocycles. The monoisotopic (exact) mass is 289 g/mol. The Morgan fingerprint density at radius 1 is 1.40 bits per heavy atom. The molecule has 0 aliphatic heterocycles. The van der Waals surface area contributed by atoms with Crippen molar-refractivity contribution in [3.8, 4) is 0 Å². The van der Waals surface area contributed by atoms with Crippen molar-refractivity contribution in [2.45, 2.75) is 25.4 Å². The third kappa shape index (κ3) is 2.71. The first-order valence-electron chi connectivity index (χ1n) is 6.65. The molecular weight excluding hydrogens is 274 g/mol. The fraction of sp³-hybridized carbons (Fsp3) is 0.267. The van der Waals surface area contributed by atoms with Gasteiger partial charge in [-0.25, -0.2) is 0 Å². The molecule has 3 rings (SSSR count). The molecule has 1 aliphatic rings. The molecule has 1 saturated carbocycles. The lowest BCUT2D eigenvalue weighted by atomic mass is 10.2. The maximum absolute atomic E-state index is 12.4. The van der Waals surface area contributed by atoms with Crippen molar-refractivity contribution in [3.05, 3.63) is 52.8 Å². The molecule has 1 aromatic carbocycles. The minimum Gasteiger partial charge on any atom is -0.339 e. The van der Waals surface area contributed by atoms with Crippen molar-refractivity contribution in [1.29, 1.82) is 0 Å². The first-order valence-corrected chi connectivity index (χ1v) is 7.03. The molecule has 2 aromatic rings. The van der Waals surface area contributed by atoms with E-state index in [2.05, 4.69) is 5.32 Å². The Balaban J connectivity index is 1.82. The van der Waals surface area contributed by atoms with Crippen LogP contribution in [-0.2, 0) is 6.54 Å². The quantitative estimate of drug-likeness (QED) is 0.908. The van der Waals surface area contributed by atoms with Crippen LogP contribution in [0, 0.1) is 0 Å². The molecule has 1 fully saturated rings. The molecule has 1 heterocycles. The zero-order chi connectivity index (χ0) is 14.1. The second kappa shape index (κ2) is 5.31. The van der Waals surface area contributed by atoms with Gasteiger partial charge in [0, 0.05) is 24.5 Å². The van der Waals surface area contributed by atoms with E-state index in [1.54, 1.807) is 6.07 Å². The summed E-state index contributed by atoms with van der Waals surface area (Å²) in [6, 6.07) is 9.66. The number of halogens is 1. The van der Waals surface area contributed by atoms with Crippen LogP contribution in [0.2, 0.25) is 5.02 Å². The van der Waals surface area contributed by atoms with Crippen molar-refractivity contribution in [2.24, 2.45) is 5.73 Å². The second-order valence-electron chi connectivity index (χ2n) is 5.04. The van der Waals surface area contributed by atoms with Crippen molar-refractivity contribution >= 4 is 23.2 Å². The number of carbonyl (C=O) groups excluding carboxylic acids is 1. The van der Waals surface area contributed by atoms with Crippen LogP contribution >= 0.6 is 11.6 Å². The van der Waals surface area contributed by atoms with E-state index < -0.39 is 0 Å². The molecule has 0 bridgehead atoms. The number of nitrogens with zero attached hydrogens (tertiary/aromatic N) is 1. The van der Waals surface area contributed by atoms with Gasteiger partial charge in [0.2, 0.25) is 0 Å². The van der Waals surface area contributed by atoms with Gasteiger partial charge in [0.15, 0.2) is 0 Å². The standard InChI is InChI=1S/C15H16ClN3O/c16-11-7-14(19(9-11)13-4-5-13)15(20)18-12-3-1-2-10(6-12)8-17/h1-3,6-7,9,13H,4-5,8,17H2,(H,18,20). The molecule has 1 aliphatic carbocycles. The van der Waals surface area contributed by atoms with Crippen LogP contribution in [0.5, 0.6) is 0 Å². The van der Waals surface area contributed by atoms with Gasteiger partial charge < -0.3 is 15.6 Å². The Kier molecular flexibility index (Phi) is 3.51. The fourth-order valence-corrected chi connectivity index (χ4v) is 2.46. The van der Waals surface area contributed by atoms with Crippen molar-refractivity contribution in [1.82, 2.24) is 4.57 Å². The van der Waals surface area contributed by atoms with E-state index in [-0.39, 0.29) is 5.91 Å². The average molecular weight is 290 g/mol. The lowest BCUT2D eigenvalue weighted by Crippen LogP contribution is -2.16. The largest absolute Gasteiger partial charge is 0.339 e. The Morgan fingerprint density at radius 3 is 2.90 bits per heavy atom. The van der Waals surface area contributed by atoms with Gasteiger partial charge in [0.1, 0.15) is 5.69 Å². The number of benzene rings is 1. The average Bonchev–Trinajstić information content (AvgIpc) is 3.21. The highest BCUT2D eigenvalue weighted by Crippen LogP contribution is 2.37. The van der Waals surface area contributed by atoms with Gasteiger partial charge in [0.05, 0.1) is 5.02 Å². The Hall–Kier alpha value is -1.78. The van der Waals surface area contributed by atoms with Gasteiger partial charge in [0.25, 0.3) is 5.91 Å². The van der Waals surface area contributed by atoms with Gasteiger partial charge in [-0.3, -0.25) is 4.79 Å². The van der Waals surface area contributed by atoms with Gasteiger partial charge in [-0.05, 0) is 36.6 Å². The summed E-state index contributed by atoms with van der Waals surface area (Å²) in [6.07, 6.45) is 4.03. The van der Waals surface area contributed by atoms with Crippen LogP contribution < -0.4 is 11.1 Å². The Labute approximate surface area is 122 Å². The Morgan fingerprint density at radius 2 is 2.20 bits per heavy atom. The predicted octanol–water partition coefficient (Wildman–Crippen LogP) is 3.19. The number of hydrogen-bond acceptors (Lipinski definition) is 2. The molecule has 0 spiro atoms. The van der Waals surface area contributed by atoms with Crippen LogP contribution in [0.3, 0.4) is 0 Å². The lowest BCUT2D eigenvalue weighted by molar-refractivity contribution is 0.101. The summed E-state index contributed by atoms with van der Waals surface area (Å²) in [6.45, 7) is 0.452. The molecule has 20 heavy (non-hydrogen) atoms. The first kappa shape index (κ1) is 13.2. The van der Waals surface area contributed by atoms with Gasteiger partial charge in [-0.1, -0.05) is 23.7 Å². The van der Waals surface area contributed by atoms with E-state index in [1.807, 2.05) is 35.0 Å². The number of amides is 1. The van der Waals surface area contributed by atoms with Crippen molar-refractivity contribution < 1.29 is 4.79 Å². The molecular formula is C15H16ClN3O. The normalized spacial score (nSPS) is 14.3. The summed E-state index contributed by atoms with van der Waals surface area (Å²) in [7, 11) is 0. The number of anilines is 1. The number of rotatable bonds is 4. The number of nitrogens with two attached hydrogens (primary N) is 1. The van der Waals surface area contributed by atoms with E-state index in [0.29, 0.717) is 23.3 Å². The van der Waals surface area contributed by atoms with Crippen LogP contribution in [-0.4, -0.2) is 10.5 Å². The molecule has 1 aromatic heterocycles. The summed E-state index contributed by atoms with van der Waals surface area (Å²) in [5, 5.41) is 3.49. The summed E-state index contributed by atoms with van der Waals surface area (Å²) in [5.74, 6) is -0.141. The zero-order valence-electron chi connectivity index (χ0n) is 11.0. The third-order valence-electron chi connectivity index (χ3n) is 3.41. The lowest BCUT2D eigenvalue weighted by Gasteiger charge is -2.09. The van der Waals surface area contributed by atoms with Crippen LogP contribution in [0.1, 0.15) is 34.9 Å². The van der Waals surface area contributed by atoms with Crippen molar-refractivity contribution in [3.63, 3.8) is 0 Å². The number of nitrogens with one attached hydrogen (secondary N) is 1. The maximum Gasteiger partial charge on any atom is 0.272 e. The highest BCUT2D eigenvalue weighted by Gasteiger charge is 2.27. The molecule has 0 unspecified atom stereocenters. The number of carbonyl (C=O) groups is 1. The van der Waals surface area contributed by atoms with E-state index in [9.17, 15) is 4.79 Å². The van der Waals surface area contributed by atoms with Crippen LogP contribution in [0.25, 0.3) is 0 Å². The topological polar surface area (TPSA) is 60.0 Å². The fourth-order valence-electron chi connectivity index (χ4n) is 2.25. The predicted molar refractivity (Wildman–Crippen MR) is 80.0 cm³/mol. The molecule has 0 radical (unpaired) electrons. The van der Waals surface area contributed by atoms with Gasteiger partial charge in [-0.2, -0.15) is 0 Å². The highest BCUT2D eigenvalue weighted by molar-refractivity contribution is 6.31. The summed E-state index contributed by atoms with van der Waals surface area (Å²) in [5.41, 5.74) is 7.94. The van der Waals surface area contributed by atoms with Gasteiger partial charge in [-0.15, -0.1) is 0 Å². The Bertz CT molecular complexity index is 646. The second-order valence-corrected chi connectivity index (χ2v) is 5.48. The van der Waals surface area contributed by atoms with Crippen molar-refractivity contribution in [2.75, 3.05) is 5.32 Å². The summed E-state index contributed by atoms with van der Waals surface area (Å²) < 4.78 is 1.96. The minimum atomic E-state index is -0.141. The van der Waals surface area contributed by atoms with E-state index in [1.165, 1.54) is 0 Å². The number of hydrogen-bond donors (Lipinski definition) is 2. The summed E-state index contributed by atoms with van der Waals surface area (Å²) >= 11 is 6.01. The van der Waals surface area contributed by atoms with E-state index >= 15 is 0 Å². The third-order valence-corrected chi connectivity index (χ3v) is 3.62. The zero-order valence-corrected chi connectivity index (χ0v) is 11.7.